The van der Waals surface area contributed by atoms with Crippen molar-refractivity contribution in [3.05, 3.63) is 66.0 Å². The number of likely N-dealkylation sites (N-methyl/N-ethyl adjacent to an activating group) is 1. The maximum absolute atomic E-state index is 13.0. The summed E-state index contributed by atoms with van der Waals surface area (Å²) in [7, 11) is -2.79. The van der Waals surface area contributed by atoms with Crippen LogP contribution in [-0.4, -0.2) is 44.3 Å². The number of ether oxygens (including phenoxy) is 1. The van der Waals surface area contributed by atoms with E-state index in [9.17, 15) is 22.4 Å². The Kier molecular flexibility index (Phi) is 7.24. The Bertz CT molecular complexity index is 917. The molecule has 0 radical (unpaired) electrons. The summed E-state index contributed by atoms with van der Waals surface area (Å²) >= 11 is 0. The maximum Gasteiger partial charge on any atom is 0.322 e. The van der Waals surface area contributed by atoms with Crippen molar-refractivity contribution in [3.63, 3.8) is 0 Å². The zero-order valence-electron chi connectivity index (χ0n) is 15.5. The van der Waals surface area contributed by atoms with Crippen LogP contribution in [0.4, 0.5) is 4.39 Å². The van der Waals surface area contributed by atoms with Crippen molar-refractivity contribution >= 4 is 21.9 Å². The van der Waals surface area contributed by atoms with E-state index >= 15 is 0 Å². The number of hydrogen-bond acceptors (Lipinski definition) is 5. The van der Waals surface area contributed by atoms with E-state index in [1.165, 1.54) is 14.0 Å². The van der Waals surface area contributed by atoms with Gasteiger partial charge in [0.15, 0.2) is 6.10 Å². The predicted octanol–water partition coefficient (Wildman–Crippen LogP) is 1.69. The van der Waals surface area contributed by atoms with Crippen LogP contribution in [0.15, 0.2) is 59.5 Å². The minimum atomic E-state index is -3.99. The van der Waals surface area contributed by atoms with Crippen LogP contribution in [0.25, 0.3) is 0 Å². The van der Waals surface area contributed by atoms with E-state index in [2.05, 4.69) is 5.32 Å². The van der Waals surface area contributed by atoms with Crippen molar-refractivity contribution in [1.29, 1.82) is 0 Å². The van der Waals surface area contributed by atoms with Crippen LogP contribution >= 0.6 is 0 Å². The lowest BCUT2D eigenvalue weighted by molar-refractivity contribution is -0.154. The normalized spacial score (nSPS) is 12.4. The quantitative estimate of drug-likeness (QED) is 0.671. The number of esters is 1. The molecule has 0 spiro atoms. The van der Waals surface area contributed by atoms with Gasteiger partial charge >= 0.3 is 5.97 Å². The van der Waals surface area contributed by atoms with Crippen LogP contribution in [0.3, 0.4) is 0 Å². The molecular weight excluding hydrogens is 387 g/mol. The highest BCUT2D eigenvalue weighted by molar-refractivity contribution is 7.89. The van der Waals surface area contributed by atoms with Crippen LogP contribution in [0.1, 0.15) is 12.5 Å². The van der Waals surface area contributed by atoms with Crippen molar-refractivity contribution < 1.29 is 27.1 Å². The monoisotopic (exact) mass is 408 g/mol. The topological polar surface area (TPSA) is 92.8 Å². The van der Waals surface area contributed by atoms with Crippen LogP contribution in [0.2, 0.25) is 0 Å². The highest BCUT2D eigenvalue weighted by Gasteiger charge is 2.25. The van der Waals surface area contributed by atoms with Gasteiger partial charge in [-0.2, -0.15) is 4.31 Å². The Balaban J connectivity index is 1.87. The molecule has 0 aromatic heterocycles. The van der Waals surface area contributed by atoms with Gasteiger partial charge in [0, 0.05) is 13.6 Å². The van der Waals surface area contributed by atoms with Gasteiger partial charge in [0.1, 0.15) is 12.4 Å². The van der Waals surface area contributed by atoms with Gasteiger partial charge in [0.2, 0.25) is 10.0 Å². The van der Waals surface area contributed by atoms with E-state index in [0.717, 1.165) is 34.1 Å². The number of benzene rings is 2. The summed E-state index contributed by atoms with van der Waals surface area (Å²) in [5, 5.41) is 2.64. The second kappa shape index (κ2) is 9.43. The first-order chi connectivity index (χ1) is 13.2. The molecule has 0 fully saturated rings. The van der Waals surface area contributed by atoms with Gasteiger partial charge in [-0.3, -0.25) is 9.59 Å². The summed E-state index contributed by atoms with van der Waals surface area (Å²) in [4.78, 5) is 23.9. The minimum Gasteiger partial charge on any atom is -0.452 e. The molecule has 0 aliphatic carbocycles. The Morgan fingerprint density at radius 3 is 2.32 bits per heavy atom. The first-order valence-corrected chi connectivity index (χ1v) is 9.87. The third-order valence-corrected chi connectivity index (χ3v) is 5.68. The molecule has 1 N–H and O–H groups in total. The molecule has 2 aromatic carbocycles. The number of halogens is 1. The van der Waals surface area contributed by atoms with E-state index in [-0.39, 0.29) is 11.4 Å². The second-order valence-electron chi connectivity index (χ2n) is 6.05. The molecule has 0 bridgehead atoms. The van der Waals surface area contributed by atoms with E-state index in [4.69, 9.17) is 4.74 Å². The van der Waals surface area contributed by atoms with Gasteiger partial charge in [-0.15, -0.1) is 0 Å². The van der Waals surface area contributed by atoms with Crippen LogP contribution in [0.5, 0.6) is 0 Å². The average Bonchev–Trinajstić information content (AvgIpc) is 2.67. The number of sulfonamides is 1. The Morgan fingerprint density at radius 1 is 1.11 bits per heavy atom. The largest absolute Gasteiger partial charge is 0.452 e. The van der Waals surface area contributed by atoms with Crippen molar-refractivity contribution in [2.45, 2.75) is 24.5 Å². The molecular formula is C19H21FN2O5S. The lowest BCUT2D eigenvalue weighted by Gasteiger charge is -2.18. The molecule has 2 aromatic rings. The van der Waals surface area contributed by atoms with Gasteiger partial charge in [-0.1, -0.05) is 30.3 Å². The number of nitrogens with zero attached hydrogens (tertiary/aromatic N) is 1. The molecule has 28 heavy (non-hydrogen) atoms. The predicted molar refractivity (Wildman–Crippen MR) is 100 cm³/mol. The fraction of sp³-hybridized carbons (Fsp3) is 0.263. The van der Waals surface area contributed by atoms with E-state index in [0.29, 0.717) is 0 Å². The molecule has 0 aliphatic rings. The van der Waals surface area contributed by atoms with Gasteiger partial charge in [-0.25, -0.2) is 12.8 Å². The van der Waals surface area contributed by atoms with Gasteiger partial charge in [0.05, 0.1) is 4.90 Å². The summed E-state index contributed by atoms with van der Waals surface area (Å²) in [6.07, 6.45) is -1.09. The molecule has 0 aliphatic heterocycles. The molecule has 7 nitrogen and oxygen atoms in total. The zero-order valence-corrected chi connectivity index (χ0v) is 16.3. The zero-order chi connectivity index (χ0) is 20.7. The summed E-state index contributed by atoms with van der Waals surface area (Å²) < 4.78 is 43.5. The lowest BCUT2D eigenvalue weighted by Crippen LogP contribution is -2.39. The summed E-state index contributed by atoms with van der Waals surface area (Å²) in [6, 6.07) is 13.4. The molecule has 0 saturated heterocycles. The fourth-order valence-corrected chi connectivity index (χ4v) is 3.39. The molecule has 2 rings (SSSR count). The van der Waals surface area contributed by atoms with Crippen molar-refractivity contribution in [1.82, 2.24) is 9.62 Å². The molecule has 150 valence electrons. The number of amides is 1. The molecule has 1 amide bonds. The van der Waals surface area contributed by atoms with Crippen molar-refractivity contribution in [2.24, 2.45) is 0 Å². The summed E-state index contributed by atoms with van der Waals surface area (Å²) in [5.41, 5.74) is 0.888. The number of rotatable bonds is 8. The van der Waals surface area contributed by atoms with Crippen LogP contribution < -0.4 is 5.32 Å². The SMILES string of the molecule is C[C@@H](OC(=O)CN(C)S(=O)(=O)c1ccc(F)cc1)C(=O)NCc1ccccc1. The average molecular weight is 408 g/mol. The van der Waals surface area contributed by atoms with Crippen molar-refractivity contribution in [2.75, 3.05) is 13.6 Å². The highest BCUT2D eigenvalue weighted by Crippen LogP contribution is 2.14. The minimum absolute atomic E-state index is 0.155. The Morgan fingerprint density at radius 2 is 1.71 bits per heavy atom. The maximum atomic E-state index is 13.0. The first kappa shape index (κ1) is 21.5. The van der Waals surface area contributed by atoms with Gasteiger partial charge in [0.25, 0.3) is 5.91 Å². The molecule has 1 atom stereocenters. The molecule has 0 saturated carbocycles. The van der Waals surface area contributed by atoms with Gasteiger partial charge < -0.3 is 10.1 Å². The summed E-state index contributed by atoms with van der Waals surface area (Å²) in [6.45, 7) is 1.09. The number of nitrogens with one attached hydrogen (secondary N) is 1. The molecule has 0 heterocycles. The van der Waals surface area contributed by atoms with E-state index in [1.807, 2.05) is 30.3 Å². The van der Waals surface area contributed by atoms with E-state index < -0.39 is 40.4 Å². The third kappa shape index (κ3) is 5.86. The standard InChI is InChI=1S/C19H21FN2O5S/c1-14(19(24)21-12-15-6-4-3-5-7-15)27-18(23)13-22(2)28(25,26)17-10-8-16(20)9-11-17/h3-11,14H,12-13H2,1-2H3,(H,21,24)/t14-/m1/s1. The third-order valence-electron chi connectivity index (χ3n) is 3.86. The molecule has 9 heteroatoms. The Hall–Kier alpha value is -2.78. The fourth-order valence-electron chi connectivity index (χ4n) is 2.27. The summed E-state index contributed by atoms with van der Waals surface area (Å²) in [5.74, 6) is -1.95. The van der Waals surface area contributed by atoms with E-state index in [1.54, 1.807) is 0 Å². The molecule has 0 unspecified atom stereocenters. The lowest BCUT2D eigenvalue weighted by atomic mass is 10.2. The number of carbonyl (C=O) groups excluding carboxylic acids is 2. The first-order valence-electron chi connectivity index (χ1n) is 8.43. The highest BCUT2D eigenvalue weighted by atomic mass is 32.2. The smallest absolute Gasteiger partial charge is 0.322 e. The van der Waals surface area contributed by atoms with Crippen LogP contribution in [-0.2, 0) is 30.9 Å². The van der Waals surface area contributed by atoms with Crippen LogP contribution in [0, 0.1) is 5.82 Å². The Labute approximate surface area is 163 Å². The number of hydrogen-bond donors (Lipinski definition) is 1. The van der Waals surface area contributed by atoms with Gasteiger partial charge in [-0.05, 0) is 36.8 Å². The second-order valence-corrected chi connectivity index (χ2v) is 8.10. The number of carbonyl (C=O) groups is 2. The van der Waals surface area contributed by atoms with Crippen molar-refractivity contribution in [3.8, 4) is 0 Å².